The molecule has 1 amide bonds. The van der Waals surface area contributed by atoms with Crippen LogP contribution < -0.4 is 4.90 Å². The Bertz CT molecular complexity index is 617. The number of halogens is 3. The molecule has 0 spiro atoms. The van der Waals surface area contributed by atoms with Gasteiger partial charge in [0.2, 0.25) is 0 Å². The standard InChI is InChI=1S/C13H9Cl3N2O/c1-18(8-5-3-2-4-6-8)13(19)12-11(16)10(15)9(14)7-17-12/h2-7H,1H3. The number of pyridine rings is 1. The average Bonchev–Trinajstić information content (AvgIpc) is 2.44. The van der Waals surface area contributed by atoms with Crippen molar-refractivity contribution in [2.45, 2.75) is 0 Å². The van der Waals surface area contributed by atoms with Crippen LogP contribution in [0.3, 0.4) is 0 Å². The van der Waals surface area contributed by atoms with Crippen molar-refractivity contribution in [3.8, 4) is 0 Å². The lowest BCUT2D eigenvalue weighted by Gasteiger charge is -2.17. The first-order valence-electron chi connectivity index (χ1n) is 5.35. The SMILES string of the molecule is CN(C(=O)c1ncc(Cl)c(Cl)c1Cl)c1ccccc1. The van der Waals surface area contributed by atoms with E-state index in [2.05, 4.69) is 4.98 Å². The second-order valence-corrected chi connectivity index (χ2v) is 4.95. The molecule has 0 saturated carbocycles. The first kappa shape index (κ1) is 14.1. The molecule has 0 bridgehead atoms. The Kier molecular flexibility index (Phi) is 4.30. The molecule has 1 heterocycles. The van der Waals surface area contributed by atoms with E-state index in [1.165, 1.54) is 11.1 Å². The van der Waals surface area contributed by atoms with Crippen molar-refractivity contribution in [3.63, 3.8) is 0 Å². The van der Waals surface area contributed by atoms with Gasteiger partial charge in [-0.3, -0.25) is 4.79 Å². The minimum atomic E-state index is -0.352. The van der Waals surface area contributed by atoms with Crippen LogP contribution >= 0.6 is 34.8 Å². The Labute approximate surface area is 125 Å². The molecule has 1 aromatic heterocycles. The summed E-state index contributed by atoms with van der Waals surface area (Å²) in [5.41, 5.74) is 0.804. The van der Waals surface area contributed by atoms with Gasteiger partial charge >= 0.3 is 0 Å². The number of hydrogen-bond acceptors (Lipinski definition) is 2. The van der Waals surface area contributed by atoms with E-state index >= 15 is 0 Å². The van der Waals surface area contributed by atoms with Crippen LogP contribution in [0.1, 0.15) is 10.5 Å². The summed E-state index contributed by atoms with van der Waals surface area (Å²) in [4.78, 5) is 17.7. The molecule has 19 heavy (non-hydrogen) atoms. The summed E-state index contributed by atoms with van der Waals surface area (Å²) in [6.07, 6.45) is 1.31. The lowest BCUT2D eigenvalue weighted by atomic mass is 10.2. The maximum Gasteiger partial charge on any atom is 0.278 e. The van der Waals surface area contributed by atoms with Gasteiger partial charge in [0.1, 0.15) is 5.69 Å². The van der Waals surface area contributed by atoms with Gasteiger partial charge in [-0.1, -0.05) is 53.0 Å². The highest BCUT2D eigenvalue weighted by molar-refractivity contribution is 6.49. The van der Waals surface area contributed by atoms with Crippen LogP contribution in [0.2, 0.25) is 15.1 Å². The number of aromatic nitrogens is 1. The van der Waals surface area contributed by atoms with E-state index in [4.69, 9.17) is 34.8 Å². The van der Waals surface area contributed by atoms with Gasteiger partial charge in [0.15, 0.2) is 0 Å². The summed E-state index contributed by atoms with van der Waals surface area (Å²) in [6.45, 7) is 0. The Morgan fingerprint density at radius 1 is 1.11 bits per heavy atom. The van der Waals surface area contributed by atoms with Crippen LogP contribution in [0, 0.1) is 0 Å². The van der Waals surface area contributed by atoms with Crippen molar-refractivity contribution < 1.29 is 4.79 Å². The molecular formula is C13H9Cl3N2O. The van der Waals surface area contributed by atoms with E-state index in [1.54, 1.807) is 7.05 Å². The molecule has 6 heteroatoms. The molecule has 3 nitrogen and oxygen atoms in total. The number of hydrogen-bond donors (Lipinski definition) is 0. The molecule has 98 valence electrons. The molecule has 0 aliphatic heterocycles. The van der Waals surface area contributed by atoms with Gasteiger partial charge in [0.25, 0.3) is 5.91 Å². The predicted molar refractivity (Wildman–Crippen MR) is 78.4 cm³/mol. The quantitative estimate of drug-likeness (QED) is 0.827. The zero-order chi connectivity index (χ0) is 14.0. The van der Waals surface area contributed by atoms with Crippen molar-refractivity contribution in [3.05, 3.63) is 57.3 Å². The number of benzene rings is 1. The van der Waals surface area contributed by atoms with E-state index in [1.807, 2.05) is 30.3 Å². The van der Waals surface area contributed by atoms with E-state index in [0.717, 1.165) is 5.69 Å². The zero-order valence-electron chi connectivity index (χ0n) is 9.90. The first-order valence-corrected chi connectivity index (χ1v) is 6.48. The van der Waals surface area contributed by atoms with Crippen molar-refractivity contribution in [2.75, 3.05) is 11.9 Å². The Hall–Kier alpha value is -1.29. The molecule has 0 aliphatic carbocycles. The average molecular weight is 316 g/mol. The molecule has 0 aliphatic rings. The Balaban J connectivity index is 2.38. The van der Waals surface area contributed by atoms with E-state index in [9.17, 15) is 4.79 Å². The Morgan fingerprint density at radius 3 is 2.37 bits per heavy atom. The third kappa shape index (κ3) is 2.84. The number of nitrogens with zero attached hydrogens (tertiary/aromatic N) is 2. The van der Waals surface area contributed by atoms with Crippen LogP contribution in [-0.2, 0) is 0 Å². The van der Waals surface area contributed by atoms with Crippen LogP contribution in [-0.4, -0.2) is 17.9 Å². The zero-order valence-corrected chi connectivity index (χ0v) is 12.2. The predicted octanol–water partition coefficient (Wildman–Crippen LogP) is 4.32. The van der Waals surface area contributed by atoms with Gasteiger partial charge in [-0.15, -0.1) is 0 Å². The number of carbonyl (C=O) groups is 1. The molecule has 0 unspecified atom stereocenters. The molecule has 2 aromatic rings. The van der Waals surface area contributed by atoms with Crippen LogP contribution in [0.25, 0.3) is 0 Å². The smallest absolute Gasteiger partial charge is 0.278 e. The largest absolute Gasteiger partial charge is 0.310 e. The first-order chi connectivity index (χ1) is 9.02. The number of carbonyl (C=O) groups excluding carboxylic acids is 1. The van der Waals surface area contributed by atoms with Crippen molar-refractivity contribution in [1.29, 1.82) is 0 Å². The maximum absolute atomic E-state index is 12.3. The molecule has 0 N–H and O–H groups in total. The normalized spacial score (nSPS) is 10.3. The number of rotatable bonds is 2. The summed E-state index contributed by atoms with van der Waals surface area (Å²) in [5, 5.41) is 0.399. The highest BCUT2D eigenvalue weighted by atomic mass is 35.5. The fraction of sp³-hybridized carbons (Fsp3) is 0.0769. The summed E-state index contributed by atoms with van der Waals surface area (Å²) in [6, 6.07) is 9.16. The topological polar surface area (TPSA) is 33.2 Å². The minimum Gasteiger partial charge on any atom is -0.310 e. The minimum absolute atomic E-state index is 0.0574. The maximum atomic E-state index is 12.3. The van der Waals surface area contributed by atoms with E-state index < -0.39 is 0 Å². The molecule has 0 saturated heterocycles. The van der Waals surface area contributed by atoms with Gasteiger partial charge in [-0.25, -0.2) is 4.98 Å². The summed E-state index contributed by atoms with van der Waals surface area (Å²) < 4.78 is 0. The fourth-order valence-electron chi connectivity index (χ4n) is 1.52. The highest BCUT2D eigenvalue weighted by Crippen LogP contribution is 2.32. The van der Waals surface area contributed by atoms with Crippen molar-refractivity contribution in [1.82, 2.24) is 4.98 Å². The van der Waals surface area contributed by atoms with Crippen molar-refractivity contribution in [2.24, 2.45) is 0 Å². The third-order valence-corrected chi connectivity index (χ3v) is 3.81. The highest BCUT2D eigenvalue weighted by Gasteiger charge is 2.21. The summed E-state index contributed by atoms with van der Waals surface area (Å²) in [7, 11) is 1.64. The fourth-order valence-corrected chi connectivity index (χ4v) is 2.08. The molecule has 1 aromatic carbocycles. The number of amides is 1. The Morgan fingerprint density at radius 2 is 1.74 bits per heavy atom. The molecule has 0 radical (unpaired) electrons. The van der Waals surface area contributed by atoms with Crippen LogP contribution in [0.15, 0.2) is 36.5 Å². The molecular weight excluding hydrogens is 307 g/mol. The monoisotopic (exact) mass is 314 g/mol. The molecule has 2 rings (SSSR count). The van der Waals surface area contributed by atoms with Gasteiger partial charge in [-0.2, -0.15) is 0 Å². The van der Waals surface area contributed by atoms with E-state index in [0.29, 0.717) is 0 Å². The van der Waals surface area contributed by atoms with E-state index in [-0.39, 0.29) is 26.7 Å². The lowest BCUT2D eigenvalue weighted by molar-refractivity contribution is 0.0988. The summed E-state index contributed by atoms with van der Waals surface area (Å²) >= 11 is 17.7. The second kappa shape index (κ2) is 5.78. The van der Waals surface area contributed by atoms with Crippen molar-refractivity contribution >= 4 is 46.4 Å². The summed E-state index contributed by atoms with van der Waals surface area (Å²) in [5.74, 6) is -0.352. The molecule has 0 fully saturated rings. The third-order valence-electron chi connectivity index (χ3n) is 2.57. The molecule has 0 atom stereocenters. The van der Waals surface area contributed by atoms with Crippen LogP contribution in [0.5, 0.6) is 0 Å². The van der Waals surface area contributed by atoms with Gasteiger partial charge in [0, 0.05) is 18.9 Å². The van der Waals surface area contributed by atoms with Crippen LogP contribution in [0.4, 0.5) is 5.69 Å². The van der Waals surface area contributed by atoms with Gasteiger partial charge in [0.05, 0.1) is 15.1 Å². The van der Waals surface area contributed by atoms with Gasteiger partial charge in [-0.05, 0) is 12.1 Å². The number of anilines is 1. The number of para-hydroxylation sites is 1. The van der Waals surface area contributed by atoms with Gasteiger partial charge < -0.3 is 4.90 Å². The second-order valence-electron chi connectivity index (χ2n) is 3.78. The lowest BCUT2D eigenvalue weighted by Crippen LogP contribution is -2.27.